The highest BCUT2D eigenvalue weighted by atomic mass is 32.2. The molecule has 1 N–H and O–H groups in total. The van der Waals surface area contributed by atoms with Gasteiger partial charge in [0.05, 0.1) is 0 Å². The summed E-state index contributed by atoms with van der Waals surface area (Å²) in [6, 6.07) is 9.83. The Bertz CT molecular complexity index is 603. The van der Waals surface area contributed by atoms with Crippen molar-refractivity contribution in [3.8, 4) is 11.4 Å². The fourth-order valence-corrected chi connectivity index (χ4v) is 2.22. The molecule has 2 unspecified atom stereocenters. The van der Waals surface area contributed by atoms with E-state index in [1.54, 1.807) is 6.26 Å². The number of benzene rings is 1. The van der Waals surface area contributed by atoms with Crippen LogP contribution in [0.3, 0.4) is 0 Å². The Kier molecular flexibility index (Phi) is 4.08. The van der Waals surface area contributed by atoms with Crippen molar-refractivity contribution >= 4 is 23.0 Å². The monoisotopic (exact) mass is 281 g/mol. The zero-order valence-electron chi connectivity index (χ0n) is 10.3. The topological polar surface area (TPSA) is 50.7 Å². The lowest BCUT2D eigenvalue weighted by Crippen LogP contribution is -2.18. The molecule has 0 aliphatic carbocycles. The first-order chi connectivity index (χ1) is 8.59. The van der Waals surface area contributed by atoms with Gasteiger partial charge in [0.15, 0.2) is 10.6 Å². The molecule has 0 fully saturated rings. The minimum absolute atomic E-state index is 0.0387. The summed E-state index contributed by atoms with van der Waals surface area (Å²) in [5, 5.41) is 7.08. The molecule has 2 rings (SSSR count). The normalized spacial score (nSPS) is 14.3. The number of nitrogens with one attached hydrogen (secondary N) is 1. The molecule has 6 heteroatoms. The van der Waals surface area contributed by atoms with Crippen LogP contribution in [0.2, 0.25) is 0 Å². The zero-order valence-corrected chi connectivity index (χ0v) is 11.9. The van der Waals surface area contributed by atoms with Gasteiger partial charge in [-0.2, -0.15) is 5.10 Å². The lowest BCUT2D eigenvalue weighted by atomic mass is 10.2. The molecule has 2 atom stereocenters. The average Bonchev–Trinajstić information content (AvgIpc) is 2.72. The van der Waals surface area contributed by atoms with Crippen molar-refractivity contribution in [2.75, 3.05) is 6.26 Å². The Morgan fingerprint density at radius 3 is 2.72 bits per heavy atom. The molecule has 0 bridgehead atoms. The lowest BCUT2D eigenvalue weighted by Gasteiger charge is -2.11. The molecule has 4 nitrogen and oxygen atoms in total. The van der Waals surface area contributed by atoms with E-state index in [0.717, 1.165) is 11.4 Å². The summed E-state index contributed by atoms with van der Waals surface area (Å²) in [6.45, 7) is 2.54. The van der Waals surface area contributed by atoms with Crippen LogP contribution in [-0.4, -0.2) is 30.5 Å². The fraction of sp³-hybridized carbons (Fsp3) is 0.333. The summed E-state index contributed by atoms with van der Waals surface area (Å²) in [6.07, 6.45) is 1.70. The summed E-state index contributed by atoms with van der Waals surface area (Å²) < 4.78 is 13.9. The lowest BCUT2D eigenvalue weighted by molar-refractivity contribution is 0.641. The SMILES string of the molecule is CC(Cn1c(-c2ccccc2)n[nH]c1=S)S(C)=O. The van der Waals surface area contributed by atoms with Crippen LogP contribution in [0, 0.1) is 4.77 Å². The van der Waals surface area contributed by atoms with Gasteiger partial charge < -0.3 is 0 Å². The maximum absolute atomic E-state index is 11.5. The Labute approximate surface area is 114 Å². The number of aromatic nitrogens is 3. The largest absolute Gasteiger partial charge is 0.299 e. The Morgan fingerprint density at radius 2 is 2.11 bits per heavy atom. The van der Waals surface area contributed by atoms with Gasteiger partial charge in [0.25, 0.3) is 0 Å². The molecule has 96 valence electrons. The van der Waals surface area contributed by atoms with Crippen LogP contribution in [0.15, 0.2) is 30.3 Å². The molecular formula is C12H15N3OS2. The summed E-state index contributed by atoms with van der Waals surface area (Å²) >= 11 is 5.22. The highest BCUT2D eigenvalue weighted by molar-refractivity contribution is 7.84. The Morgan fingerprint density at radius 1 is 1.44 bits per heavy atom. The molecule has 2 aromatic rings. The summed E-state index contributed by atoms with van der Waals surface area (Å²) in [5.74, 6) is 0.790. The van der Waals surface area contributed by atoms with Crippen LogP contribution in [0.1, 0.15) is 6.92 Å². The second-order valence-corrected chi connectivity index (χ2v) is 6.33. The van der Waals surface area contributed by atoms with Crippen LogP contribution < -0.4 is 0 Å². The van der Waals surface area contributed by atoms with E-state index in [9.17, 15) is 4.21 Å². The highest BCUT2D eigenvalue weighted by Gasteiger charge is 2.13. The quantitative estimate of drug-likeness (QED) is 0.875. The second kappa shape index (κ2) is 5.58. The maximum atomic E-state index is 11.5. The summed E-state index contributed by atoms with van der Waals surface area (Å²) in [5.41, 5.74) is 0.999. The van der Waals surface area contributed by atoms with E-state index in [2.05, 4.69) is 10.2 Å². The first-order valence-corrected chi connectivity index (χ1v) is 7.65. The van der Waals surface area contributed by atoms with Crippen molar-refractivity contribution in [1.29, 1.82) is 0 Å². The number of aromatic amines is 1. The molecule has 0 saturated heterocycles. The fourth-order valence-electron chi connectivity index (χ4n) is 1.66. The van der Waals surface area contributed by atoms with Crippen molar-refractivity contribution in [2.24, 2.45) is 0 Å². The number of nitrogens with zero attached hydrogens (tertiary/aromatic N) is 2. The van der Waals surface area contributed by atoms with E-state index in [1.165, 1.54) is 0 Å². The van der Waals surface area contributed by atoms with Gasteiger partial charge in [0, 0.05) is 34.4 Å². The Hall–Kier alpha value is -1.27. The van der Waals surface area contributed by atoms with Gasteiger partial charge in [-0.3, -0.25) is 13.9 Å². The van der Waals surface area contributed by atoms with Gasteiger partial charge in [0.2, 0.25) is 0 Å². The van der Waals surface area contributed by atoms with Crippen molar-refractivity contribution in [2.45, 2.75) is 18.7 Å². The van der Waals surface area contributed by atoms with Gasteiger partial charge in [-0.15, -0.1) is 0 Å². The van der Waals surface area contributed by atoms with Gasteiger partial charge in [-0.05, 0) is 19.1 Å². The van der Waals surface area contributed by atoms with Crippen molar-refractivity contribution in [3.05, 3.63) is 35.1 Å². The van der Waals surface area contributed by atoms with Crippen molar-refractivity contribution in [1.82, 2.24) is 14.8 Å². The van der Waals surface area contributed by atoms with Gasteiger partial charge in [-0.25, -0.2) is 0 Å². The van der Waals surface area contributed by atoms with E-state index < -0.39 is 10.8 Å². The van der Waals surface area contributed by atoms with Crippen LogP contribution in [0.5, 0.6) is 0 Å². The maximum Gasteiger partial charge on any atom is 0.195 e. The smallest absolute Gasteiger partial charge is 0.195 e. The Balaban J connectivity index is 2.40. The molecule has 0 aliphatic rings. The van der Waals surface area contributed by atoms with E-state index >= 15 is 0 Å². The number of hydrogen-bond donors (Lipinski definition) is 1. The molecule has 1 heterocycles. The van der Waals surface area contributed by atoms with Crippen molar-refractivity contribution in [3.63, 3.8) is 0 Å². The number of hydrogen-bond acceptors (Lipinski definition) is 3. The van der Waals surface area contributed by atoms with Crippen LogP contribution in [0.25, 0.3) is 11.4 Å². The predicted molar refractivity (Wildman–Crippen MR) is 76.4 cm³/mol. The average molecular weight is 281 g/mol. The summed E-state index contributed by atoms with van der Waals surface area (Å²) in [7, 11) is -0.877. The van der Waals surface area contributed by atoms with E-state index in [-0.39, 0.29) is 5.25 Å². The highest BCUT2D eigenvalue weighted by Crippen LogP contribution is 2.17. The van der Waals surface area contributed by atoms with Gasteiger partial charge in [-0.1, -0.05) is 30.3 Å². The zero-order chi connectivity index (χ0) is 13.1. The predicted octanol–water partition coefficient (Wildman–Crippen LogP) is 2.37. The van der Waals surface area contributed by atoms with Crippen LogP contribution >= 0.6 is 12.2 Å². The minimum Gasteiger partial charge on any atom is -0.299 e. The third-order valence-corrected chi connectivity index (χ3v) is 4.39. The minimum atomic E-state index is -0.877. The van der Waals surface area contributed by atoms with Crippen LogP contribution in [0.4, 0.5) is 0 Å². The number of rotatable bonds is 4. The van der Waals surface area contributed by atoms with Gasteiger partial charge >= 0.3 is 0 Å². The molecule has 0 spiro atoms. The molecule has 0 aliphatic heterocycles. The molecule has 0 radical (unpaired) electrons. The van der Waals surface area contributed by atoms with E-state index in [4.69, 9.17) is 12.2 Å². The number of H-pyrrole nitrogens is 1. The van der Waals surface area contributed by atoms with E-state index in [1.807, 2.05) is 41.8 Å². The van der Waals surface area contributed by atoms with Crippen LogP contribution in [-0.2, 0) is 17.3 Å². The summed E-state index contributed by atoms with van der Waals surface area (Å²) in [4.78, 5) is 0. The molecule has 0 amide bonds. The first kappa shape index (κ1) is 13.2. The van der Waals surface area contributed by atoms with E-state index in [0.29, 0.717) is 11.3 Å². The molecule has 1 aromatic heterocycles. The molecular weight excluding hydrogens is 266 g/mol. The van der Waals surface area contributed by atoms with Gasteiger partial charge in [0.1, 0.15) is 0 Å². The molecule has 1 aromatic carbocycles. The standard InChI is InChI=1S/C12H15N3OS2/c1-9(18(2)16)8-15-11(13-14-12(15)17)10-6-4-3-5-7-10/h3-7,9H,8H2,1-2H3,(H,14,17). The second-order valence-electron chi connectivity index (χ2n) is 4.14. The third-order valence-electron chi connectivity index (χ3n) is 2.80. The molecule has 18 heavy (non-hydrogen) atoms. The van der Waals surface area contributed by atoms with Crippen molar-refractivity contribution < 1.29 is 4.21 Å². The third kappa shape index (κ3) is 2.76. The first-order valence-electron chi connectivity index (χ1n) is 5.62. The molecule has 0 saturated carbocycles.